The molecular weight excluding hydrogens is 200 g/mol. The van der Waals surface area contributed by atoms with Crippen molar-refractivity contribution < 1.29 is 14.6 Å². The highest BCUT2D eigenvalue weighted by atomic mass is 32.1. The van der Waals surface area contributed by atoms with Gasteiger partial charge < -0.3 is 9.84 Å². The Hall–Kier alpha value is -1.42. The molecule has 0 aliphatic heterocycles. The summed E-state index contributed by atoms with van der Waals surface area (Å²) >= 11 is 3.82. The number of hydrogen-bond acceptors (Lipinski definition) is 3. The number of carboxylic acid groups (broad SMARTS) is 1. The first-order valence-electron chi connectivity index (χ1n) is 3.91. The summed E-state index contributed by atoms with van der Waals surface area (Å²) in [6.45, 7) is 0. The predicted molar refractivity (Wildman–Crippen MR) is 57.6 cm³/mol. The summed E-state index contributed by atoms with van der Waals surface area (Å²) in [6.07, 6.45) is 1.48. The van der Waals surface area contributed by atoms with Gasteiger partial charge in [0.25, 0.3) is 0 Å². The Bertz CT molecular complexity index is 354. The molecule has 0 bridgehead atoms. The number of rotatable bonds is 3. The molecule has 0 heterocycles. The van der Waals surface area contributed by atoms with Crippen LogP contribution in [0.25, 0.3) is 6.08 Å². The lowest BCUT2D eigenvalue weighted by molar-refractivity contribution is -0.131. The third-order valence-corrected chi connectivity index (χ3v) is 1.96. The molecule has 0 aliphatic carbocycles. The third-order valence-electron chi connectivity index (χ3n) is 1.64. The lowest BCUT2D eigenvalue weighted by atomic mass is 10.2. The molecule has 1 aromatic carbocycles. The second-order valence-electron chi connectivity index (χ2n) is 2.61. The van der Waals surface area contributed by atoms with E-state index in [0.717, 1.165) is 11.3 Å². The lowest BCUT2D eigenvalue weighted by Gasteiger charge is -1.99. The van der Waals surface area contributed by atoms with Crippen LogP contribution < -0.4 is 4.74 Å². The van der Waals surface area contributed by atoms with Crippen molar-refractivity contribution >= 4 is 24.7 Å². The monoisotopic (exact) mass is 210 g/mol. The Kier molecular flexibility index (Phi) is 3.59. The van der Waals surface area contributed by atoms with Crippen LogP contribution in [0.2, 0.25) is 0 Å². The van der Waals surface area contributed by atoms with Crippen LogP contribution in [0.4, 0.5) is 0 Å². The van der Waals surface area contributed by atoms with E-state index >= 15 is 0 Å². The Morgan fingerprint density at radius 1 is 1.43 bits per heavy atom. The van der Waals surface area contributed by atoms with E-state index < -0.39 is 5.97 Å². The minimum Gasteiger partial charge on any atom is -0.497 e. The standard InChI is InChI=1S/C10H10O3S/c1-13-8-4-2-7(3-5-8)6-9(14)10(11)12/h2-6,14H,1H3,(H,11,12)/b9-6+. The molecule has 74 valence electrons. The van der Waals surface area contributed by atoms with Gasteiger partial charge in [0.05, 0.1) is 12.0 Å². The van der Waals surface area contributed by atoms with Crippen LogP contribution in [0.15, 0.2) is 29.2 Å². The van der Waals surface area contributed by atoms with E-state index in [9.17, 15) is 4.79 Å². The molecule has 4 heteroatoms. The molecule has 0 saturated heterocycles. The predicted octanol–water partition coefficient (Wildman–Crippen LogP) is 2.05. The van der Waals surface area contributed by atoms with Crippen molar-refractivity contribution in [3.05, 3.63) is 34.7 Å². The Labute approximate surface area is 87.4 Å². The molecule has 0 amide bonds. The van der Waals surface area contributed by atoms with Crippen LogP contribution in [-0.2, 0) is 4.79 Å². The van der Waals surface area contributed by atoms with Crippen molar-refractivity contribution in [2.45, 2.75) is 0 Å². The van der Waals surface area contributed by atoms with E-state index in [1.807, 2.05) is 0 Å². The van der Waals surface area contributed by atoms with Gasteiger partial charge in [0.2, 0.25) is 0 Å². The van der Waals surface area contributed by atoms with Crippen LogP contribution >= 0.6 is 12.6 Å². The van der Waals surface area contributed by atoms with Gasteiger partial charge in [-0.25, -0.2) is 4.79 Å². The number of hydrogen-bond donors (Lipinski definition) is 2. The van der Waals surface area contributed by atoms with E-state index in [1.54, 1.807) is 31.4 Å². The van der Waals surface area contributed by atoms with Crippen LogP contribution in [0, 0.1) is 0 Å². The number of thiol groups is 1. The summed E-state index contributed by atoms with van der Waals surface area (Å²) in [7, 11) is 1.58. The number of carboxylic acids is 1. The normalized spacial score (nSPS) is 11.1. The minimum absolute atomic E-state index is 0.00941. The number of ether oxygens (including phenoxy) is 1. The fraction of sp³-hybridized carbons (Fsp3) is 0.100. The number of carbonyl (C=O) groups is 1. The van der Waals surface area contributed by atoms with Gasteiger partial charge in [0, 0.05) is 0 Å². The highest BCUT2D eigenvalue weighted by molar-refractivity contribution is 7.85. The Balaban J connectivity index is 2.88. The van der Waals surface area contributed by atoms with Gasteiger partial charge >= 0.3 is 5.97 Å². The molecule has 1 rings (SSSR count). The van der Waals surface area contributed by atoms with Crippen molar-refractivity contribution in [3.63, 3.8) is 0 Å². The number of aliphatic carboxylic acids is 1. The van der Waals surface area contributed by atoms with E-state index in [2.05, 4.69) is 12.6 Å². The lowest BCUT2D eigenvalue weighted by Crippen LogP contribution is -1.93. The fourth-order valence-electron chi connectivity index (χ4n) is 0.920. The molecule has 14 heavy (non-hydrogen) atoms. The van der Waals surface area contributed by atoms with Crippen molar-refractivity contribution in [2.24, 2.45) is 0 Å². The summed E-state index contributed by atoms with van der Waals surface area (Å²) < 4.78 is 4.97. The van der Waals surface area contributed by atoms with Crippen molar-refractivity contribution in [1.29, 1.82) is 0 Å². The molecule has 0 spiro atoms. The zero-order valence-electron chi connectivity index (χ0n) is 7.60. The van der Waals surface area contributed by atoms with Gasteiger partial charge in [0.1, 0.15) is 5.75 Å². The zero-order chi connectivity index (χ0) is 10.6. The van der Waals surface area contributed by atoms with Gasteiger partial charge in [-0.1, -0.05) is 12.1 Å². The highest BCUT2D eigenvalue weighted by Crippen LogP contribution is 2.15. The summed E-state index contributed by atoms with van der Waals surface area (Å²) in [4.78, 5) is 10.5. The average Bonchev–Trinajstić information content (AvgIpc) is 2.19. The third kappa shape index (κ3) is 2.81. The van der Waals surface area contributed by atoms with E-state index in [-0.39, 0.29) is 4.91 Å². The number of methoxy groups -OCH3 is 1. The first kappa shape index (κ1) is 10.7. The van der Waals surface area contributed by atoms with Crippen molar-refractivity contribution in [1.82, 2.24) is 0 Å². The minimum atomic E-state index is -1.04. The molecule has 1 N–H and O–H groups in total. The second kappa shape index (κ2) is 4.72. The summed E-state index contributed by atoms with van der Waals surface area (Å²) in [5.41, 5.74) is 0.776. The molecule has 1 aromatic rings. The first-order chi connectivity index (χ1) is 6.63. The molecular formula is C10H10O3S. The molecule has 0 aromatic heterocycles. The summed E-state index contributed by atoms with van der Waals surface area (Å²) in [5, 5.41) is 8.57. The van der Waals surface area contributed by atoms with E-state index in [4.69, 9.17) is 9.84 Å². The SMILES string of the molecule is COc1ccc(/C=C(/S)C(=O)O)cc1. The molecule has 3 nitrogen and oxygen atoms in total. The fourth-order valence-corrected chi connectivity index (χ4v) is 1.07. The summed E-state index contributed by atoms with van der Waals surface area (Å²) in [5.74, 6) is -0.303. The van der Waals surface area contributed by atoms with Gasteiger partial charge in [0.15, 0.2) is 0 Å². The largest absolute Gasteiger partial charge is 0.497 e. The van der Waals surface area contributed by atoms with Crippen LogP contribution in [0.3, 0.4) is 0 Å². The van der Waals surface area contributed by atoms with Gasteiger partial charge in [-0.15, -0.1) is 12.6 Å². The molecule has 0 fully saturated rings. The van der Waals surface area contributed by atoms with Gasteiger partial charge in [-0.3, -0.25) is 0 Å². The first-order valence-corrected chi connectivity index (χ1v) is 4.36. The maximum atomic E-state index is 10.5. The van der Waals surface area contributed by atoms with Gasteiger partial charge in [-0.2, -0.15) is 0 Å². The molecule has 0 saturated carbocycles. The zero-order valence-corrected chi connectivity index (χ0v) is 8.49. The molecule has 0 aliphatic rings. The maximum Gasteiger partial charge on any atom is 0.341 e. The molecule has 0 atom stereocenters. The Morgan fingerprint density at radius 3 is 2.43 bits per heavy atom. The summed E-state index contributed by atoms with van der Waals surface area (Å²) in [6, 6.07) is 7.04. The molecule has 0 radical (unpaired) electrons. The topological polar surface area (TPSA) is 46.5 Å². The van der Waals surface area contributed by atoms with Crippen LogP contribution in [0.1, 0.15) is 5.56 Å². The Morgan fingerprint density at radius 2 is 2.00 bits per heavy atom. The van der Waals surface area contributed by atoms with E-state index in [1.165, 1.54) is 6.08 Å². The highest BCUT2D eigenvalue weighted by Gasteiger charge is 2.00. The number of benzene rings is 1. The molecule has 0 unspecified atom stereocenters. The van der Waals surface area contributed by atoms with E-state index in [0.29, 0.717) is 0 Å². The van der Waals surface area contributed by atoms with Crippen molar-refractivity contribution in [2.75, 3.05) is 7.11 Å². The second-order valence-corrected chi connectivity index (χ2v) is 3.09. The average molecular weight is 210 g/mol. The van der Waals surface area contributed by atoms with Gasteiger partial charge in [-0.05, 0) is 23.8 Å². The van der Waals surface area contributed by atoms with Crippen LogP contribution in [0.5, 0.6) is 5.75 Å². The van der Waals surface area contributed by atoms with Crippen molar-refractivity contribution in [3.8, 4) is 5.75 Å². The quantitative estimate of drug-likeness (QED) is 0.593. The smallest absolute Gasteiger partial charge is 0.341 e. The van der Waals surface area contributed by atoms with Crippen LogP contribution in [-0.4, -0.2) is 18.2 Å². The maximum absolute atomic E-state index is 10.5.